The van der Waals surface area contributed by atoms with E-state index >= 15 is 0 Å². The maximum absolute atomic E-state index is 6.39. The molecule has 0 aliphatic carbocycles. The number of aromatic nitrogens is 3. The molecule has 0 spiro atoms. The molecule has 4 heteroatoms. The molecule has 2 aromatic heterocycles. The summed E-state index contributed by atoms with van der Waals surface area (Å²) < 4.78 is 6.39. The lowest BCUT2D eigenvalue weighted by atomic mass is 9.96. The number of rotatable bonds is 5. The van der Waals surface area contributed by atoms with Crippen molar-refractivity contribution in [2.24, 2.45) is 0 Å². The molecule has 0 bridgehead atoms. The van der Waals surface area contributed by atoms with Crippen molar-refractivity contribution >= 4 is 43.5 Å². The average Bonchev–Trinajstić information content (AvgIpc) is 3.59. The van der Waals surface area contributed by atoms with Crippen molar-refractivity contribution in [3.63, 3.8) is 0 Å². The molecule has 238 valence electrons. The van der Waals surface area contributed by atoms with Crippen LogP contribution in [0, 0.1) is 0 Å². The summed E-state index contributed by atoms with van der Waals surface area (Å²) in [5, 5.41) is 6.74. The zero-order valence-corrected chi connectivity index (χ0v) is 27.5. The largest absolute Gasteiger partial charge is 0.455 e. The van der Waals surface area contributed by atoms with Gasteiger partial charge < -0.3 is 4.42 Å². The van der Waals surface area contributed by atoms with Gasteiger partial charge in [0.1, 0.15) is 11.2 Å². The molecule has 10 aromatic rings. The van der Waals surface area contributed by atoms with E-state index in [0.29, 0.717) is 17.5 Å². The van der Waals surface area contributed by atoms with Crippen molar-refractivity contribution in [1.29, 1.82) is 0 Å². The number of hydrogen-bond acceptors (Lipinski definition) is 4. The first-order valence-corrected chi connectivity index (χ1v) is 17.1. The molecule has 0 aliphatic heterocycles. The molecule has 51 heavy (non-hydrogen) atoms. The Morgan fingerprint density at radius 1 is 0.314 bits per heavy atom. The summed E-state index contributed by atoms with van der Waals surface area (Å²) in [5.41, 5.74) is 9.00. The number of para-hydroxylation sites is 2. The summed E-state index contributed by atoms with van der Waals surface area (Å²) in [6.45, 7) is 0. The quantitative estimate of drug-likeness (QED) is 0.186. The van der Waals surface area contributed by atoms with Crippen LogP contribution in [-0.4, -0.2) is 15.0 Å². The van der Waals surface area contributed by atoms with Crippen LogP contribution in [0.5, 0.6) is 0 Å². The summed E-state index contributed by atoms with van der Waals surface area (Å²) in [4.78, 5) is 15.4. The Morgan fingerprint density at radius 3 is 1.45 bits per heavy atom. The fourth-order valence-corrected chi connectivity index (χ4v) is 7.27. The predicted octanol–water partition coefficient (Wildman–Crippen LogP) is 12.4. The van der Waals surface area contributed by atoms with Gasteiger partial charge in [-0.15, -0.1) is 0 Å². The Kier molecular flexibility index (Phi) is 6.78. The van der Waals surface area contributed by atoms with E-state index < -0.39 is 0 Å². The SMILES string of the molecule is c1cc(-c2cccc(-c3cccc4c3oc3ccccc34)c2)cc(-c2nc(-c3cccc4ccccc34)nc(-c3cccc4ccccc34)n2)c1. The molecule has 0 saturated carbocycles. The van der Waals surface area contributed by atoms with Gasteiger partial charge in [-0.05, 0) is 56.4 Å². The van der Waals surface area contributed by atoms with Gasteiger partial charge in [0.2, 0.25) is 0 Å². The first kappa shape index (κ1) is 29.0. The minimum atomic E-state index is 0.626. The second-order valence-corrected chi connectivity index (χ2v) is 12.8. The molecule has 0 N–H and O–H groups in total. The van der Waals surface area contributed by atoms with Gasteiger partial charge in [0, 0.05) is 33.0 Å². The first-order chi connectivity index (χ1) is 25.3. The normalized spacial score (nSPS) is 11.5. The molecule has 0 radical (unpaired) electrons. The van der Waals surface area contributed by atoms with Crippen LogP contribution in [0.3, 0.4) is 0 Å². The van der Waals surface area contributed by atoms with E-state index in [1.165, 1.54) is 0 Å². The van der Waals surface area contributed by atoms with Gasteiger partial charge in [-0.2, -0.15) is 0 Å². The molecule has 0 atom stereocenters. The number of nitrogens with zero attached hydrogens (tertiary/aromatic N) is 3. The zero-order valence-electron chi connectivity index (χ0n) is 27.5. The van der Waals surface area contributed by atoms with Crippen LogP contribution in [0.1, 0.15) is 0 Å². The summed E-state index contributed by atoms with van der Waals surface area (Å²) in [6.07, 6.45) is 0. The number of furan rings is 1. The lowest BCUT2D eigenvalue weighted by molar-refractivity contribution is 0.670. The Morgan fingerprint density at radius 2 is 0.765 bits per heavy atom. The Bertz CT molecular complexity index is 2830. The van der Waals surface area contributed by atoms with E-state index in [1.54, 1.807) is 0 Å². The molecule has 8 aromatic carbocycles. The van der Waals surface area contributed by atoms with Crippen LogP contribution >= 0.6 is 0 Å². The van der Waals surface area contributed by atoms with E-state index in [2.05, 4.69) is 164 Å². The van der Waals surface area contributed by atoms with E-state index in [4.69, 9.17) is 19.4 Å². The zero-order chi connectivity index (χ0) is 33.7. The summed E-state index contributed by atoms with van der Waals surface area (Å²) in [7, 11) is 0. The highest BCUT2D eigenvalue weighted by molar-refractivity contribution is 6.09. The Hall–Kier alpha value is -6.91. The van der Waals surface area contributed by atoms with Gasteiger partial charge in [0.25, 0.3) is 0 Å². The summed E-state index contributed by atoms with van der Waals surface area (Å²) >= 11 is 0. The van der Waals surface area contributed by atoms with Crippen molar-refractivity contribution < 1.29 is 4.42 Å². The second-order valence-electron chi connectivity index (χ2n) is 12.8. The van der Waals surface area contributed by atoms with Gasteiger partial charge in [-0.3, -0.25) is 0 Å². The predicted molar refractivity (Wildman–Crippen MR) is 209 cm³/mol. The van der Waals surface area contributed by atoms with E-state index in [0.717, 1.165) is 82.4 Å². The van der Waals surface area contributed by atoms with Crippen LogP contribution in [0.25, 0.3) is 99.9 Å². The van der Waals surface area contributed by atoms with Gasteiger partial charge in [0.15, 0.2) is 17.5 Å². The van der Waals surface area contributed by atoms with Crippen molar-refractivity contribution in [2.75, 3.05) is 0 Å². The molecule has 0 saturated heterocycles. The highest BCUT2D eigenvalue weighted by Crippen LogP contribution is 2.38. The van der Waals surface area contributed by atoms with Crippen LogP contribution in [0.15, 0.2) is 180 Å². The topological polar surface area (TPSA) is 51.8 Å². The molecule has 0 unspecified atom stereocenters. The van der Waals surface area contributed by atoms with E-state index in [9.17, 15) is 0 Å². The molecule has 0 amide bonds. The van der Waals surface area contributed by atoms with Crippen molar-refractivity contribution in [3.8, 4) is 56.4 Å². The molecule has 4 nitrogen and oxygen atoms in total. The summed E-state index contributed by atoms with van der Waals surface area (Å²) in [5.74, 6) is 1.91. The van der Waals surface area contributed by atoms with Crippen LogP contribution < -0.4 is 0 Å². The van der Waals surface area contributed by atoms with Crippen molar-refractivity contribution in [1.82, 2.24) is 15.0 Å². The number of fused-ring (bicyclic) bond motifs is 5. The van der Waals surface area contributed by atoms with Gasteiger partial charge >= 0.3 is 0 Å². The highest BCUT2D eigenvalue weighted by atomic mass is 16.3. The molecular weight excluding hydrogens is 623 g/mol. The minimum Gasteiger partial charge on any atom is -0.455 e. The summed E-state index contributed by atoms with van der Waals surface area (Å²) in [6, 6.07) is 61.0. The Labute approximate surface area is 294 Å². The van der Waals surface area contributed by atoms with E-state index in [-0.39, 0.29) is 0 Å². The third-order valence-corrected chi connectivity index (χ3v) is 9.73. The number of benzene rings is 8. The monoisotopic (exact) mass is 651 g/mol. The minimum absolute atomic E-state index is 0.626. The van der Waals surface area contributed by atoms with Gasteiger partial charge in [-0.25, -0.2) is 15.0 Å². The Balaban J connectivity index is 1.12. The van der Waals surface area contributed by atoms with Gasteiger partial charge in [0.05, 0.1) is 0 Å². The fourth-order valence-electron chi connectivity index (χ4n) is 7.27. The molecular formula is C47H29N3O. The smallest absolute Gasteiger partial charge is 0.164 e. The van der Waals surface area contributed by atoms with Crippen molar-refractivity contribution in [3.05, 3.63) is 176 Å². The lowest BCUT2D eigenvalue weighted by Crippen LogP contribution is -2.01. The van der Waals surface area contributed by atoms with E-state index in [1.807, 2.05) is 12.1 Å². The first-order valence-electron chi connectivity index (χ1n) is 17.1. The molecule has 0 fully saturated rings. The molecule has 2 heterocycles. The highest BCUT2D eigenvalue weighted by Gasteiger charge is 2.17. The maximum Gasteiger partial charge on any atom is 0.164 e. The van der Waals surface area contributed by atoms with Crippen LogP contribution in [-0.2, 0) is 0 Å². The number of hydrogen-bond donors (Lipinski definition) is 0. The van der Waals surface area contributed by atoms with Crippen LogP contribution in [0.4, 0.5) is 0 Å². The standard InChI is InChI=1S/C47H29N3O/c1-3-20-36-30(12-1)14-9-25-41(36)46-48-45(49-47(50-46)42-26-10-15-31-13-2-4-21-37(31)42)35-19-8-17-33(29-35)32-16-7-18-34(28-32)38-23-11-24-40-39-22-5-6-27-43(39)51-44(38)40/h1-29H. The van der Waals surface area contributed by atoms with Crippen molar-refractivity contribution in [2.45, 2.75) is 0 Å². The van der Waals surface area contributed by atoms with Gasteiger partial charge in [-0.1, -0.05) is 158 Å². The maximum atomic E-state index is 6.39. The molecule has 0 aliphatic rings. The fraction of sp³-hybridized carbons (Fsp3) is 0. The van der Waals surface area contributed by atoms with Crippen LogP contribution in [0.2, 0.25) is 0 Å². The second kappa shape index (κ2) is 11.9. The third-order valence-electron chi connectivity index (χ3n) is 9.73. The average molecular weight is 652 g/mol. The molecule has 10 rings (SSSR count). The lowest BCUT2D eigenvalue weighted by Gasteiger charge is -2.12. The third kappa shape index (κ3) is 5.04.